The Hall–Kier alpha value is -0.650. The standard InChI is InChI=1S/C13H19BrN2OS/c1-4-16(9(2)8-17-3)12-7-10(14)5-6-11(12)13(15)18/h5-7,9H,4,8H2,1-3H3,(H2,15,18). The minimum atomic E-state index is 0.266. The highest BCUT2D eigenvalue weighted by molar-refractivity contribution is 9.10. The van der Waals surface area contributed by atoms with Crippen molar-refractivity contribution < 1.29 is 4.74 Å². The molecule has 0 spiro atoms. The molecule has 0 fully saturated rings. The summed E-state index contributed by atoms with van der Waals surface area (Å²) in [6.07, 6.45) is 0. The van der Waals surface area contributed by atoms with Gasteiger partial charge in [-0.05, 0) is 32.0 Å². The second-order valence-corrected chi connectivity index (χ2v) is 5.47. The lowest BCUT2D eigenvalue weighted by Gasteiger charge is -2.31. The smallest absolute Gasteiger partial charge is 0.106 e. The lowest BCUT2D eigenvalue weighted by molar-refractivity contribution is 0.182. The summed E-state index contributed by atoms with van der Waals surface area (Å²) in [6.45, 7) is 5.77. The van der Waals surface area contributed by atoms with E-state index >= 15 is 0 Å². The van der Waals surface area contributed by atoms with Crippen molar-refractivity contribution in [1.82, 2.24) is 0 Å². The van der Waals surface area contributed by atoms with Crippen LogP contribution in [-0.2, 0) is 4.74 Å². The van der Waals surface area contributed by atoms with Gasteiger partial charge in [-0.1, -0.05) is 28.1 Å². The van der Waals surface area contributed by atoms with Crippen LogP contribution < -0.4 is 10.6 Å². The number of hydrogen-bond acceptors (Lipinski definition) is 3. The zero-order valence-corrected chi connectivity index (χ0v) is 13.3. The second-order valence-electron chi connectivity index (χ2n) is 4.12. The molecular formula is C13H19BrN2OS. The molecule has 0 aliphatic carbocycles. The molecule has 0 aromatic heterocycles. The Kier molecular flexibility index (Phi) is 6.05. The molecule has 0 saturated carbocycles. The maximum absolute atomic E-state index is 5.79. The van der Waals surface area contributed by atoms with Gasteiger partial charge in [0.2, 0.25) is 0 Å². The SMILES string of the molecule is CCN(c1cc(Br)ccc1C(N)=S)C(C)COC. The van der Waals surface area contributed by atoms with Crippen LogP contribution in [0.3, 0.4) is 0 Å². The van der Waals surface area contributed by atoms with E-state index in [9.17, 15) is 0 Å². The van der Waals surface area contributed by atoms with E-state index in [1.54, 1.807) is 7.11 Å². The van der Waals surface area contributed by atoms with E-state index in [2.05, 4.69) is 34.7 Å². The second kappa shape index (κ2) is 7.07. The summed E-state index contributed by atoms with van der Waals surface area (Å²) < 4.78 is 6.24. The number of methoxy groups -OCH3 is 1. The minimum Gasteiger partial charge on any atom is -0.389 e. The number of ether oxygens (including phenoxy) is 1. The van der Waals surface area contributed by atoms with Gasteiger partial charge in [0, 0.05) is 35.4 Å². The summed E-state index contributed by atoms with van der Waals surface area (Å²) in [5, 5.41) is 0. The number of hydrogen-bond donors (Lipinski definition) is 1. The molecule has 18 heavy (non-hydrogen) atoms. The molecule has 1 aromatic rings. The molecule has 100 valence electrons. The van der Waals surface area contributed by atoms with Gasteiger partial charge in [0.1, 0.15) is 4.99 Å². The maximum atomic E-state index is 5.79. The molecule has 3 nitrogen and oxygen atoms in total. The largest absolute Gasteiger partial charge is 0.389 e. The van der Waals surface area contributed by atoms with Crippen molar-refractivity contribution in [3.05, 3.63) is 28.2 Å². The molecule has 1 atom stereocenters. The molecule has 0 aliphatic rings. The molecule has 0 radical (unpaired) electrons. The third-order valence-electron chi connectivity index (χ3n) is 2.82. The van der Waals surface area contributed by atoms with Gasteiger partial charge < -0.3 is 15.4 Å². The quantitative estimate of drug-likeness (QED) is 0.814. The Balaban J connectivity index is 3.18. The van der Waals surface area contributed by atoms with Crippen molar-refractivity contribution in [2.24, 2.45) is 5.73 Å². The number of thiocarbonyl (C=S) groups is 1. The fraction of sp³-hybridized carbons (Fsp3) is 0.462. The van der Waals surface area contributed by atoms with Gasteiger partial charge >= 0.3 is 0 Å². The Bertz CT molecular complexity index is 425. The van der Waals surface area contributed by atoms with Crippen LogP contribution in [-0.4, -0.2) is 31.3 Å². The van der Waals surface area contributed by atoms with E-state index in [1.165, 1.54) is 0 Å². The lowest BCUT2D eigenvalue weighted by atomic mass is 10.1. The molecule has 1 unspecified atom stereocenters. The van der Waals surface area contributed by atoms with Crippen LogP contribution in [0.1, 0.15) is 19.4 Å². The van der Waals surface area contributed by atoms with Crippen LogP contribution in [0.2, 0.25) is 0 Å². The van der Waals surface area contributed by atoms with Gasteiger partial charge in [-0.15, -0.1) is 0 Å². The predicted octanol–water partition coefficient (Wildman–Crippen LogP) is 2.94. The Morgan fingerprint density at radius 1 is 1.56 bits per heavy atom. The Morgan fingerprint density at radius 3 is 2.72 bits per heavy atom. The molecule has 0 heterocycles. The maximum Gasteiger partial charge on any atom is 0.106 e. The third-order valence-corrected chi connectivity index (χ3v) is 3.53. The van der Waals surface area contributed by atoms with Gasteiger partial charge in [-0.25, -0.2) is 0 Å². The fourth-order valence-electron chi connectivity index (χ4n) is 2.00. The summed E-state index contributed by atoms with van der Waals surface area (Å²) in [7, 11) is 1.71. The molecule has 0 aliphatic heterocycles. The number of halogens is 1. The van der Waals surface area contributed by atoms with Crippen molar-refractivity contribution >= 4 is 38.8 Å². The monoisotopic (exact) mass is 330 g/mol. The van der Waals surface area contributed by atoms with Crippen LogP contribution in [0.4, 0.5) is 5.69 Å². The molecule has 0 amide bonds. The van der Waals surface area contributed by atoms with E-state index in [-0.39, 0.29) is 6.04 Å². The van der Waals surface area contributed by atoms with E-state index in [1.807, 2.05) is 18.2 Å². The highest BCUT2D eigenvalue weighted by Crippen LogP contribution is 2.26. The first-order chi connectivity index (χ1) is 8.51. The van der Waals surface area contributed by atoms with Crippen LogP contribution in [0.5, 0.6) is 0 Å². The van der Waals surface area contributed by atoms with Gasteiger partial charge in [-0.3, -0.25) is 0 Å². The summed E-state index contributed by atoms with van der Waals surface area (Å²) in [6, 6.07) is 6.21. The topological polar surface area (TPSA) is 38.5 Å². The Labute approximate surface area is 122 Å². The van der Waals surface area contributed by atoms with Crippen molar-refractivity contribution in [2.75, 3.05) is 25.2 Å². The van der Waals surface area contributed by atoms with Crippen molar-refractivity contribution in [3.63, 3.8) is 0 Å². The van der Waals surface area contributed by atoms with Crippen molar-refractivity contribution in [1.29, 1.82) is 0 Å². The first-order valence-electron chi connectivity index (χ1n) is 5.86. The third kappa shape index (κ3) is 3.67. The van der Waals surface area contributed by atoms with Crippen molar-refractivity contribution in [2.45, 2.75) is 19.9 Å². The summed E-state index contributed by atoms with van der Waals surface area (Å²) in [5.74, 6) is 0. The summed E-state index contributed by atoms with van der Waals surface area (Å²) in [4.78, 5) is 2.66. The van der Waals surface area contributed by atoms with Crippen LogP contribution in [0.15, 0.2) is 22.7 Å². The minimum absolute atomic E-state index is 0.266. The van der Waals surface area contributed by atoms with E-state index < -0.39 is 0 Å². The van der Waals surface area contributed by atoms with E-state index in [4.69, 9.17) is 22.7 Å². The first-order valence-corrected chi connectivity index (χ1v) is 7.06. The predicted molar refractivity (Wildman–Crippen MR) is 84.4 cm³/mol. The highest BCUT2D eigenvalue weighted by Gasteiger charge is 2.17. The van der Waals surface area contributed by atoms with E-state index in [0.29, 0.717) is 11.6 Å². The number of nitrogens with zero attached hydrogens (tertiary/aromatic N) is 1. The van der Waals surface area contributed by atoms with Crippen molar-refractivity contribution in [3.8, 4) is 0 Å². The normalized spacial score (nSPS) is 12.2. The first kappa shape index (κ1) is 15.4. The molecule has 1 rings (SSSR count). The van der Waals surface area contributed by atoms with Gasteiger partial charge in [0.15, 0.2) is 0 Å². The van der Waals surface area contributed by atoms with E-state index in [0.717, 1.165) is 22.3 Å². The average Bonchev–Trinajstić information content (AvgIpc) is 2.30. The molecule has 5 heteroatoms. The van der Waals surface area contributed by atoms with Gasteiger partial charge in [-0.2, -0.15) is 0 Å². The van der Waals surface area contributed by atoms with Gasteiger partial charge in [0.25, 0.3) is 0 Å². The summed E-state index contributed by atoms with van der Waals surface area (Å²) >= 11 is 8.60. The molecular weight excluding hydrogens is 312 g/mol. The number of anilines is 1. The number of nitrogens with two attached hydrogens (primary N) is 1. The molecule has 0 saturated heterocycles. The highest BCUT2D eigenvalue weighted by atomic mass is 79.9. The number of likely N-dealkylation sites (N-methyl/N-ethyl adjacent to an activating group) is 1. The number of benzene rings is 1. The molecule has 1 aromatic carbocycles. The molecule has 2 N–H and O–H groups in total. The molecule has 0 bridgehead atoms. The van der Waals surface area contributed by atoms with Crippen LogP contribution in [0, 0.1) is 0 Å². The zero-order valence-electron chi connectivity index (χ0n) is 10.9. The Morgan fingerprint density at radius 2 is 2.22 bits per heavy atom. The van der Waals surface area contributed by atoms with Gasteiger partial charge in [0.05, 0.1) is 6.61 Å². The van der Waals surface area contributed by atoms with Crippen LogP contribution >= 0.6 is 28.1 Å². The fourth-order valence-corrected chi connectivity index (χ4v) is 2.52. The zero-order chi connectivity index (χ0) is 13.7. The lowest BCUT2D eigenvalue weighted by Crippen LogP contribution is -2.37. The van der Waals surface area contributed by atoms with Crippen LogP contribution in [0.25, 0.3) is 0 Å². The number of rotatable bonds is 6. The summed E-state index contributed by atoms with van der Waals surface area (Å²) in [5.41, 5.74) is 7.74. The average molecular weight is 331 g/mol.